The first kappa shape index (κ1) is 33.7. The van der Waals surface area contributed by atoms with E-state index in [1.54, 1.807) is 0 Å². The van der Waals surface area contributed by atoms with Crippen molar-refractivity contribution < 1.29 is 22.5 Å². The number of hydrogen-bond donors (Lipinski definition) is 0. The van der Waals surface area contributed by atoms with Crippen LogP contribution in [-0.2, 0) is 9.32 Å². The molecule has 0 N–H and O–H groups in total. The molecular weight excluding hydrogens is 456 g/mol. The van der Waals surface area contributed by atoms with Crippen LogP contribution in [0.25, 0.3) is 0 Å². The van der Waals surface area contributed by atoms with Gasteiger partial charge in [0.25, 0.3) is 0 Å². The van der Waals surface area contributed by atoms with Crippen LogP contribution < -0.4 is 0 Å². The van der Waals surface area contributed by atoms with E-state index < -0.39 is 19.0 Å². The van der Waals surface area contributed by atoms with Gasteiger partial charge in [0.05, 0.1) is 0 Å². The van der Waals surface area contributed by atoms with Crippen molar-refractivity contribution >= 4 is 12.8 Å². The topological polar surface area (TPSA) is 26.3 Å². The molecule has 206 valence electrons. The molecule has 0 saturated carbocycles. The Bertz CT molecular complexity index is 465. The molecule has 0 radical (unpaired) electrons. The fourth-order valence-electron chi connectivity index (χ4n) is 5.17. The third kappa shape index (κ3) is 14.3. The molecule has 0 aliphatic heterocycles. The monoisotopic (exact) mass is 512 g/mol. The minimum atomic E-state index is -4.91. The van der Waals surface area contributed by atoms with Gasteiger partial charge >= 0.3 is 209 Å². The van der Waals surface area contributed by atoms with Crippen molar-refractivity contribution in [3.05, 3.63) is 0 Å². The van der Waals surface area contributed by atoms with Crippen molar-refractivity contribution in [3.63, 3.8) is 0 Å². The number of hydrogen-bond acceptors (Lipinski definition) is 2. The van der Waals surface area contributed by atoms with Crippen molar-refractivity contribution in [1.29, 1.82) is 0 Å². The van der Waals surface area contributed by atoms with Crippen LogP contribution in [0.1, 0.15) is 143 Å². The molecule has 0 spiro atoms. The molecule has 0 aliphatic carbocycles. The first-order chi connectivity index (χ1) is 16.2. The molecule has 0 saturated heterocycles. The molecule has 0 atom stereocenters. The first-order valence-corrected chi connectivity index (χ1v) is 17.4. The van der Waals surface area contributed by atoms with Crippen molar-refractivity contribution in [3.8, 4) is 0 Å². The fraction of sp³-hybridized carbons (Fsp3) is 0.964. The number of carbonyl (C=O) groups is 1. The Kier molecular flexibility index (Phi) is 18.7. The van der Waals surface area contributed by atoms with Gasteiger partial charge in [-0.2, -0.15) is 0 Å². The second-order valence-electron chi connectivity index (χ2n) is 10.5. The zero-order valence-corrected chi connectivity index (χ0v) is 23.8. The predicted molar refractivity (Wildman–Crippen MR) is 144 cm³/mol. The van der Waals surface area contributed by atoms with E-state index in [2.05, 4.69) is 20.8 Å². The number of unbranched alkanes of at least 4 members (excludes halogenated alkanes) is 15. The zero-order chi connectivity index (χ0) is 25.8. The van der Waals surface area contributed by atoms with Gasteiger partial charge in [0, 0.05) is 0 Å². The third-order valence-electron chi connectivity index (χ3n) is 7.60. The van der Waals surface area contributed by atoms with Crippen LogP contribution in [0.15, 0.2) is 0 Å². The molecule has 0 rings (SSSR count). The Hall–Kier alpha value is -0.310. The number of carbonyl (C=O) groups excluding carboxylic acids is 1. The number of rotatable bonds is 23. The van der Waals surface area contributed by atoms with Crippen LogP contribution in [0, 0.1) is 0 Å². The van der Waals surface area contributed by atoms with Gasteiger partial charge in [-0.3, -0.25) is 0 Å². The Balaban J connectivity index is 5.52. The molecule has 0 fully saturated rings. The van der Waals surface area contributed by atoms with Gasteiger partial charge in [0.15, 0.2) is 0 Å². The standard InChI is InChI=1S/C28H56F3O2P/c1-5-9-12-15-18-21-24-34(8-4,33-27(32)28(29,30)31,25-22-19-16-13-10-6-2)26-23-20-17-14-11-7-3/h5-26H2,1-4H3. The number of halogens is 3. The third-order valence-corrected chi connectivity index (χ3v) is 14.2. The van der Waals surface area contributed by atoms with Gasteiger partial charge in [-0.05, 0) is 0 Å². The normalized spacial score (nSPS) is 13.6. The molecular formula is C28H56F3O2P. The molecule has 6 heteroatoms. The van der Waals surface area contributed by atoms with E-state index >= 15 is 0 Å². The van der Waals surface area contributed by atoms with Crippen LogP contribution in [-0.4, -0.2) is 36.8 Å². The van der Waals surface area contributed by atoms with E-state index in [1.165, 1.54) is 57.8 Å². The summed E-state index contributed by atoms with van der Waals surface area (Å²) in [5.41, 5.74) is 0. The Morgan fingerprint density at radius 1 is 0.559 bits per heavy atom. The molecule has 0 aromatic carbocycles. The molecule has 0 aliphatic rings. The summed E-state index contributed by atoms with van der Waals surface area (Å²) in [7, 11) is 0. The quantitative estimate of drug-likeness (QED) is 0.100. The van der Waals surface area contributed by atoms with Crippen LogP contribution in [0.4, 0.5) is 13.2 Å². The van der Waals surface area contributed by atoms with E-state index in [0.29, 0.717) is 24.6 Å². The second-order valence-corrected chi connectivity index (χ2v) is 16.4. The number of alkyl halides is 3. The van der Waals surface area contributed by atoms with E-state index in [-0.39, 0.29) is 0 Å². The molecule has 0 bridgehead atoms. The van der Waals surface area contributed by atoms with Crippen LogP contribution in [0.3, 0.4) is 0 Å². The van der Waals surface area contributed by atoms with Gasteiger partial charge in [0.1, 0.15) is 0 Å². The molecule has 0 aromatic rings. The maximum absolute atomic E-state index is 13.4. The zero-order valence-electron chi connectivity index (χ0n) is 23.0. The van der Waals surface area contributed by atoms with Gasteiger partial charge in [-0.25, -0.2) is 0 Å². The molecule has 0 heterocycles. The van der Waals surface area contributed by atoms with Crippen molar-refractivity contribution in [1.82, 2.24) is 0 Å². The average Bonchev–Trinajstić information content (AvgIpc) is 2.80. The van der Waals surface area contributed by atoms with Crippen LogP contribution >= 0.6 is 6.83 Å². The Morgan fingerprint density at radius 2 is 0.853 bits per heavy atom. The summed E-state index contributed by atoms with van der Waals surface area (Å²) < 4.78 is 46.0. The van der Waals surface area contributed by atoms with Gasteiger partial charge < -0.3 is 0 Å². The summed E-state index contributed by atoms with van der Waals surface area (Å²) >= 11 is 0. The predicted octanol–water partition coefficient (Wildman–Crippen LogP) is 10.7. The minimum absolute atomic E-state index is 0.590. The van der Waals surface area contributed by atoms with Crippen molar-refractivity contribution in [2.45, 2.75) is 149 Å². The van der Waals surface area contributed by atoms with E-state index in [0.717, 1.165) is 57.8 Å². The molecule has 0 amide bonds. The molecule has 0 unspecified atom stereocenters. The van der Waals surface area contributed by atoms with E-state index in [4.69, 9.17) is 4.52 Å². The van der Waals surface area contributed by atoms with E-state index in [9.17, 15) is 18.0 Å². The Morgan fingerprint density at radius 3 is 1.12 bits per heavy atom. The Labute approximate surface area is 209 Å². The average molecular weight is 513 g/mol. The molecule has 0 aromatic heterocycles. The second kappa shape index (κ2) is 18.9. The summed E-state index contributed by atoms with van der Waals surface area (Å²) in [6.07, 6.45) is 17.4. The van der Waals surface area contributed by atoms with Gasteiger partial charge in [-0.15, -0.1) is 0 Å². The summed E-state index contributed by atoms with van der Waals surface area (Å²) in [6, 6.07) is 0. The first-order valence-electron chi connectivity index (χ1n) is 14.5. The fourth-order valence-corrected chi connectivity index (χ4v) is 10.8. The van der Waals surface area contributed by atoms with Crippen molar-refractivity contribution in [2.24, 2.45) is 0 Å². The van der Waals surface area contributed by atoms with E-state index in [1.807, 2.05) is 6.92 Å². The summed E-state index contributed by atoms with van der Waals surface area (Å²) in [4.78, 5) is 12.3. The van der Waals surface area contributed by atoms with Gasteiger partial charge in [-0.1, -0.05) is 0 Å². The van der Waals surface area contributed by atoms with Crippen LogP contribution in [0.2, 0.25) is 0 Å². The maximum atomic E-state index is 13.4. The summed E-state index contributed by atoms with van der Waals surface area (Å²) in [6.45, 7) is 5.27. The molecule has 34 heavy (non-hydrogen) atoms. The summed E-state index contributed by atoms with van der Waals surface area (Å²) in [5.74, 6) is -1.94. The van der Waals surface area contributed by atoms with Crippen molar-refractivity contribution in [2.75, 3.05) is 24.6 Å². The van der Waals surface area contributed by atoms with Gasteiger partial charge in [0.2, 0.25) is 0 Å². The van der Waals surface area contributed by atoms with Crippen LogP contribution in [0.5, 0.6) is 0 Å². The molecule has 2 nitrogen and oxygen atoms in total. The summed E-state index contributed by atoms with van der Waals surface area (Å²) in [5, 5.41) is 0. The SMILES string of the molecule is CCCCCCCCP(CC)(CCCCCCCC)(CCCCCCCC)OC(=O)C(F)(F)F.